The van der Waals surface area contributed by atoms with E-state index in [1.807, 2.05) is 6.07 Å². The summed E-state index contributed by atoms with van der Waals surface area (Å²) < 4.78 is 3.32. The van der Waals surface area contributed by atoms with E-state index in [9.17, 15) is 0 Å². The summed E-state index contributed by atoms with van der Waals surface area (Å²) in [6.45, 7) is 0. The van der Waals surface area contributed by atoms with E-state index < -0.39 is 0 Å². The molecular formula is C44H28BrN3. The van der Waals surface area contributed by atoms with E-state index in [4.69, 9.17) is 9.97 Å². The topological polar surface area (TPSA) is 30.7 Å². The number of para-hydroxylation sites is 2. The van der Waals surface area contributed by atoms with Gasteiger partial charge in [0.05, 0.1) is 22.4 Å². The van der Waals surface area contributed by atoms with Gasteiger partial charge < -0.3 is 4.57 Å². The van der Waals surface area contributed by atoms with Crippen LogP contribution in [0.5, 0.6) is 0 Å². The van der Waals surface area contributed by atoms with Crippen LogP contribution in [-0.2, 0) is 0 Å². The summed E-state index contributed by atoms with van der Waals surface area (Å²) in [5.41, 5.74) is 10.5. The van der Waals surface area contributed by atoms with Gasteiger partial charge in [-0.3, -0.25) is 0 Å². The van der Waals surface area contributed by atoms with Crippen LogP contribution in [0.15, 0.2) is 174 Å². The molecule has 2 heterocycles. The molecule has 48 heavy (non-hydrogen) atoms. The maximum atomic E-state index is 5.22. The highest BCUT2D eigenvalue weighted by atomic mass is 79.9. The first-order valence-electron chi connectivity index (χ1n) is 16.0. The number of aromatic nitrogens is 3. The van der Waals surface area contributed by atoms with Gasteiger partial charge in [0.15, 0.2) is 5.82 Å². The second-order valence-electron chi connectivity index (χ2n) is 12.0. The molecular weight excluding hydrogens is 650 g/mol. The Bertz CT molecular complexity index is 2570. The highest BCUT2D eigenvalue weighted by Crippen LogP contribution is 2.36. The standard InChI is InChI=1S/C44H28BrN3/c45-36-25-35(26-37(27-36)48-42-16-8-6-14-38(42)39-15-7-9-17-43(39)48)41-28-40(32-21-18-31(19-22-32)29-10-2-1-3-11-29)46-44(47-41)34-23-20-30-12-4-5-13-33(30)24-34/h1-28H. The number of benzene rings is 7. The first-order valence-corrected chi connectivity index (χ1v) is 16.8. The average Bonchev–Trinajstić information content (AvgIpc) is 3.49. The van der Waals surface area contributed by atoms with Gasteiger partial charge in [-0.15, -0.1) is 0 Å². The number of fused-ring (bicyclic) bond motifs is 4. The van der Waals surface area contributed by atoms with E-state index in [-0.39, 0.29) is 0 Å². The number of nitrogens with zero attached hydrogens (tertiary/aromatic N) is 3. The first-order chi connectivity index (χ1) is 23.7. The molecule has 2 aromatic heterocycles. The Morgan fingerprint density at radius 3 is 1.69 bits per heavy atom. The van der Waals surface area contributed by atoms with Crippen molar-refractivity contribution in [1.29, 1.82) is 0 Å². The number of hydrogen-bond donors (Lipinski definition) is 0. The van der Waals surface area contributed by atoms with Crippen LogP contribution in [0.1, 0.15) is 0 Å². The molecule has 0 fully saturated rings. The maximum absolute atomic E-state index is 5.22. The Morgan fingerprint density at radius 2 is 0.958 bits per heavy atom. The molecule has 3 nitrogen and oxygen atoms in total. The van der Waals surface area contributed by atoms with Gasteiger partial charge in [0.2, 0.25) is 0 Å². The Hall–Kier alpha value is -5.84. The minimum absolute atomic E-state index is 0.693. The van der Waals surface area contributed by atoms with E-state index in [2.05, 4.69) is 184 Å². The van der Waals surface area contributed by atoms with E-state index >= 15 is 0 Å². The van der Waals surface area contributed by atoms with Crippen molar-refractivity contribution in [2.75, 3.05) is 0 Å². The minimum atomic E-state index is 0.693. The molecule has 0 spiro atoms. The molecule has 0 N–H and O–H groups in total. The van der Waals surface area contributed by atoms with Crippen LogP contribution in [0.3, 0.4) is 0 Å². The third kappa shape index (κ3) is 5.07. The van der Waals surface area contributed by atoms with Gasteiger partial charge in [0.1, 0.15) is 0 Å². The molecule has 7 aromatic carbocycles. The van der Waals surface area contributed by atoms with Crippen LogP contribution < -0.4 is 0 Å². The smallest absolute Gasteiger partial charge is 0.160 e. The molecule has 9 rings (SSSR count). The summed E-state index contributed by atoms with van der Waals surface area (Å²) in [5.74, 6) is 0.693. The lowest BCUT2D eigenvalue weighted by atomic mass is 10.0. The van der Waals surface area contributed by atoms with Crippen molar-refractivity contribution in [1.82, 2.24) is 14.5 Å². The van der Waals surface area contributed by atoms with Crippen LogP contribution in [0, 0.1) is 0 Å². The molecule has 9 aromatic rings. The van der Waals surface area contributed by atoms with Crippen molar-refractivity contribution in [3.8, 4) is 50.7 Å². The second-order valence-corrected chi connectivity index (χ2v) is 13.0. The Balaban J connectivity index is 1.23. The number of halogens is 1. The quantitative estimate of drug-likeness (QED) is 0.181. The van der Waals surface area contributed by atoms with Gasteiger partial charge in [-0.2, -0.15) is 0 Å². The summed E-state index contributed by atoms with van der Waals surface area (Å²) in [5, 5.41) is 4.82. The molecule has 226 valence electrons. The summed E-state index contributed by atoms with van der Waals surface area (Å²) in [6.07, 6.45) is 0. The molecule has 0 atom stereocenters. The third-order valence-corrected chi connectivity index (χ3v) is 9.50. The van der Waals surface area contributed by atoms with Gasteiger partial charge in [-0.05, 0) is 64.4 Å². The normalized spacial score (nSPS) is 11.4. The molecule has 4 heteroatoms. The van der Waals surface area contributed by atoms with Crippen LogP contribution in [0.2, 0.25) is 0 Å². The first kappa shape index (κ1) is 28.4. The van der Waals surface area contributed by atoms with E-state index in [1.54, 1.807) is 0 Å². The fourth-order valence-electron chi connectivity index (χ4n) is 6.72. The minimum Gasteiger partial charge on any atom is -0.309 e. The van der Waals surface area contributed by atoms with Crippen molar-refractivity contribution in [2.45, 2.75) is 0 Å². The number of rotatable bonds is 5. The van der Waals surface area contributed by atoms with Crippen molar-refractivity contribution >= 4 is 48.5 Å². The molecule has 0 saturated carbocycles. The molecule has 0 radical (unpaired) electrons. The molecule has 0 aliphatic carbocycles. The predicted octanol–water partition coefficient (Wildman–Crippen LogP) is 12.2. The monoisotopic (exact) mass is 677 g/mol. The Kier molecular flexibility index (Phi) is 6.95. The summed E-state index contributed by atoms with van der Waals surface area (Å²) in [7, 11) is 0. The summed E-state index contributed by atoms with van der Waals surface area (Å²) >= 11 is 3.85. The summed E-state index contributed by atoms with van der Waals surface area (Å²) in [4.78, 5) is 10.4. The second kappa shape index (κ2) is 11.8. The van der Waals surface area contributed by atoms with Crippen molar-refractivity contribution in [2.24, 2.45) is 0 Å². The van der Waals surface area contributed by atoms with Gasteiger partial charge in [0, 0.05) is 37.6 Å². The lowest BCUT2D eigenvalue weighted by Gasteiger charge is -2.13. The Labute approximate surface area is 286 Å². The lowest BCUT2D eigenvalue weighted by Crippen LogP contribution is -1.98. The zero-order valence-corrected chi connectivity index (χ0v) is 27.5. The fraction of sp³-hybridized carbons (Fsp3) is 0. The van der Waals surface area contributed by atoms with E-state index in [1.165, 1.54) is 38.3 Å². The zero-order chi connectivity index (χ0) is 32.0. The van der Waals surface area contributed by atoms with Gasteiger partial charge in [-0.1, -0.05) is 143 Å². The molecule has 0 aliphatic rings. The van der Waals surface area contributed by atoms with Crippen LogP contribution in [0.25, 0.3) is 83.3 Å². The van der Waals surface area contributed by atoms with Gasteiger partial charge in [0.25, 0.3) is 0 Å². The Morgan fingerprint density at radius 1 is 0.396 bits per heavy atom. The van der Waals surface area contributed by atoms with Gasteiger partial charge >= 0.3 is 0 Å². The van der Waals surface area contributed by atoms with Crippen molar-refractivity contribution in [3.63, 3.8) is 0 Å². The maximum Gasteiger partial charge on any atom is 0.160 e. The SMILES string of the molecule is Brc1cc(-c2cc(-c3ccc(-c4ccccc4)cc3)nc(-c3ccc4ccccc4c3)n2)cc(-n2c3ccccc3c3ccccc32)c1. The fourth-order valence-corrected chi connectivity index (χ4v) is 7.20. The molecule has 0 bridgehead atoms. The number of hydrogen-bond acceptors (Lipinski definition) is 2. The van der Waals surface area contributed by atoms with Gasteiger partial charge in [-0.25, -0.2) is 9.97 Å². The highest BCUT2D eigenvalue weighted by molar-refractivity contribution is 9.10. The largest absolute Gasteiger partial charge is 0.309 e. The molecule has 0 unspecified atom stereocenters. The average molecular weight is 679 g/mol. The van der Waals surface area contributed by atoms with Crippen LogP contribution in [-0.4, -0.2) is 14.5 Å². The van der Waals surface area contributed by atoms with E-state index in [0.29, 0.717) is 5.82 Å². The molecule has 0 amide bonds. The summed E-state index contributed by atoms with van der Waals surface area (Å²) in [6, 6.07) is 59.8. The zero-order valence-electron chi connectivity index (χ0n) is 25.9. The molecule has 0 saturated heterocycles. The lowest BCUT2D eigenvalue weighted by molar-refractivity contribution is 1.16. The predicted molar refractivity (Wildman–Crippen MR) is 203 cm³/mol. The van der Waals surface area contributed by atoms with Crippen LogP contribution in [0.4, 0.5) is 0 Å². The van der Waals surface area contributed by atoms with Crippen molar-refractivity contribution < 1.29 is 0 Å². The van der Waals surface area contributed by atoms with E-state index in [0.717, 1.165) is 43.6 Å². The molecule has 0 aliphatic heterocycles. The van der Waals surface area contributed by atoms with Crippen LogP contribution >= 0.6 is 15.9 Å². The highest BCUT2D eigenvalue weighted by Gasteiger charge is 2.16. The third-order valence-electron chi connectivity index (χ3n) is 9.04. The van der Waals surface area contributed by atoms with Crippen molar-refractivity contribution in [3.05, 3.63) is 174 Å².